The van der Waals surface area contributed by atoms with E-state index in [2.05, 4.69) is 15.6 Å². The Bertz CT molecular complexity index is 1180. The largest absolute Gasteiger partial charge is 0.416 e. The number of carbonyl (C=O) groups is 2. The van der Waals surface area contributed by atoms with E-state index in [1.807, 2.05) is 13.8 Å². The fraction of sp³-hybridized carbons (Fsp3) is 0.320. The number of benzene rings is 1. The summed E-state index contributed by atoms with van der Waals surface area (Å²) >= 11 is 0. The third-order valence-corrected chi connectivity index (χ3v) is 5.95. The van der Waals surface area contributed by atoms with Gasteiger partial charge >= 0.3 is 6.18 Å². The molecular weight excluding hydrogens is 431 g/mol. The van der Waals surface area contributed by atoms with Crippen molar-refractivity contribution in [2.24, 2.45) is 5.41 Å². The molecule has 0 unspecified atom stereocenters. The van der Waals surface area contributed by atoms with Gasteiger partial charge in [-0.05, 0) is 48.6 Å². The van der Waals surface area contributed by atoms with Gasteiger partial charge in [0.05, 0.1) is 5.56 Å². The van der Waals surface area contributed by atoms with Crippen molar-refractivity contribution in [2.45, 2.75) is 45.7 Å². The van der Waals surface area contributed by atoms with Crippen LogP contribution in [0.1, 0.15) is 50.7 Å². The van der Waals surface area contributed by atoms with E-state index in [0.717, 1.165) is 17.8 Å². The monoisotopic (exact) mass is 455 g/mol. The van der Waals surface area contributed by atoms with Gasteiger partial charge in [0.25, 0.3) is 5.91 Å². The van der Waals surface area contributed by atoms with Gasteiger partial charge < -0.3 is 10.6 Å². The van der Waals surface area contributed by atoms with Crippen LogP contribution in [0, 0.1) is 5.41 Å². The number of hydrogen-bond donors (Lipinski definition) is 2. The van der Waals surface area contributed by atoms with Crippen LogP contribution in [-0.2, 0) is 15.8 Å². The first-order valence-electron chi connectivity index (χ1n) is 10.6. The number of pyridine rings is 1. The van der Waals surface area contributed by atoms with E-state index in [9.17, 15) is 22.8 Å². The highest BCUT2D eigenvalue weighted by atomic mass is 19.4. The van der Waals surface area contributed by atoms with Gasteiger partial charge in [0.1, 0.15) is 0 Å². The Labute approximate surface area is 189 Å². The van der Waals surface area contributed by atoms with Crippen molar-refractivity contribution in [2.75, 3.05) is 5.32 Å². The highest BCUT2D eigenvalue weighted by molar-refractivity contribution is 6.09. The SMILES string of the molecule is CC1=C(C(=O)Nc2cccc(C(F)(F)F)c2)[C@H](c2cccnc2)C2=C(CC(C)(C)CC2=O)N1. The number of dihydropyridines is 1. The van der Waals surface area contributed by atoms with Crippen LogP contribution in [0.25, 0.3) is 0 Å². The summed E-state index contributed by atoms with van der Waals surface area (Å²) in [6.07, 6.45) is -0.332. The first kappa shape index (κ1) is 22.8. The molecule has 0 spiro atoms. The number of rotatable bonds is 3. The van der Waals surface area contributed by atoms with E-state index in [4.69, 9.17) is 0 Å². The van der Waals surface area contributed by atoms with Gasteiger partial charge in [-0.25, -0.2) is 0 Å². The zero-order chi connectivity index (χ0) is 24.0. The number of anilines is 1. The van der Waals surface area contributed by atoms with Crippen molar-refractivity contribution in [3.8, 4) is 0 Å². The normalized spacial score (nSPS) is 20.3. The van der Waals surface area contributed by atoms with Gasteiger partial charge in [0.15, 0.2) is 5.78 Å². The van der Waals surface area contributed by atoms with E-state index < -0.39 is 23.6 Å². The molecule has 1 aromatic carbocycles. The maximum Gasteiger partial charge on any atom is 0.416 e. The minimum atomic E-state index is -4.53. The van der Waals surface area contributed by atoms with Crippen molar-refractivity contribution in [1.29, 1.82) is 0 Å². The predicted octanol–water partition coefficient (Wildman–Crippen LogP) is 5.34. The van der Waals surface area contributed by atoms with E-state index in [0.29, 0.717) is 29.7 Å². The summed E-state index contributed by atoms with van der Waals surface area (Å²) in [5.74, 6) is -1.29. The number of allylic oxidation sites excluding steroid dienone is 3. The second-order valence-electron chi connectivity index (χ2n) is 9.25. The number of carbonyl (C=O) groups excluding carboxylic acids is 2. The van der Waals surface area contributed by atoms with Crippen molar-refractivity contribution >= 4 is 17.4 Å². The maximum atomic E-state index is 13.4. The number of hydrogen-bond acceptors (Lipinski definition) is 4. The van der Waals surface area contributed by atoms with Crippen molar-refractivity contribution in [3.63, 3.8) is 0 Å². The van der Waals surface area contributed by atoms with Crippen LogP contribution in [0.4, 0.5) is 18.9 Å². The molecule has 2 N–H and O–H groups in total. The summed E-state index contributed by atoms with van der Waals surface area (Å²) in [4.78, 5) is 30.8. The minimum absolute atomic E-state index is 0.0240. The van der Waals surface area contributed by atoms with Crippen molar-refractivity contribution in [3.05, 3.63) is 82.5 Å². The first-order valence-corrected chi connectivity index (χ1v) is 10.6. The summed E-state index contributed by atoms with van der Waals surface area (Å²) in [6, 6.07) is 8.00. The zero-order valence-electron chi connectivity index (χ0n) is 18.5. The standard InChI is InChI=1S/C25H24F3N3O2/c1-14-20(23(33)31-17-8-4-7-16(10-17)25(26,27)28)21(15-6-5-9-29-13-15)22-18(30-14)11-24(2,3)12-19(22)32/h4-10,13,21,30H,11-12H2,1-3H3,(H,31,33)/t21-/m0/s1. The van der Waals surface area contributed by atoms with Gasteiger partial charge in [-0.2, -0.15) is 13.2 Å². The van der Waals surface area contributed by atoms with Crippen LogP contribution in [0.15, 0.2) is 71.3 Å². The second kappa shape index (κ2) is 8.17. The molecule has 1 amide bonds. The summed E-state index contributed by atoms with van der Waals surface area (Å²) in [5.41, 5.74) is 1.75. The summed E-state index contributed by atoms with van der Waals surface area (Å²) in [6.45, 7) is 5.77. The van der Waals surface area contributed by atoms with Crippen LogP contribution in [0.3, 0.4) is 0 Å². The number of nitrogens with zero attached hydrogens (tertiary/aromatic N) is 1. The topological polar surface area (TPSA) is 71.1 Å². The Kier molecular flexibility index (Phi) is 5.64. The lowest BCUT2D eigenvalue weighted by atomic mass is 9.68. The number of ketones is 1. The fourth-order valence-corrected chi connectivity index (χ4v) is 4.59. The molecule has 33 heavy (non-hydrogen) atoms. The molecule has 0 fully saturated rings. The van der Waals surface area contributed by atoms with Crippen molar-refractivity contribution in [1.82, 2.24) is 10.3 Å². The molecule has 1 atom stereocenters. The molecule has 4 rings (SSSR count). The number of halogens is 3. The average Bonchev–Trinajstić information content (AvgIpc) is 2.72. The number of Topliss-reactive ketones (excluding diaryl/α,β-unsaturated/α-hetero) is 1. The molecule has 5 nitrogen and oxygen atoms in total. The summed E-state index contributed by atoms with van der Waals surface area (Å²) in [5, 5.41) is 5.82. The summed E-state index contributed by atoms with van der Waals surface area (Å²) < 4.78 is 39.3. The molecule has 0 bridgehead atoms. The van der Waals surface area contributed by atoms with Crippen LogP contribution in [0.2, 0.25) is 0 Å². The zero-order valence-corrected chi connectivity index (χ0v) is 18.5. The number of nitrogens with one attached hydrogen (secondary N) is 2. The van der Waals surface area contributed by atoms with Crippen LogP contribution < -0.4 is 10.6 Å². The van der Waals surface area contributed by atoms with Gasteiger partial charge in [-0.3, -0.25) is 14.6 Å². The van der Waals surface area contributed by atoms with E-state index in [1.54, 1.807) is 31.5 Å². The fourth-order valence-electron chi connectivity index (χ4n) is 4.59. The van der Waals surface area contributed by atoms with Crippen LogP contribution in [0.5, 0.6) is 0 Å². The molecule has 2 heterocycles. The average molecular weight is 455 g/mol. The quantitative estimate of drug-likeness (QED) is 0.655. The molecule has 1 aliphatic carbocycles. The second-order valence-corrected chi connectivity index (χ2v) is 9.25. The third-order valence-electron chi connectivity index (χ3n) is 5.95. The molecule has 8 heteroatoms. The van der Waals surface area contributed by atoms with E-state index in [1.165, 1.54) is 12.1 Å². The molecule has 2 aliphatic rings. The highest BCUT2D eigenvalue weighted by Crippen LogP contribution is 2.46. The minimum Gasteiger partial charge on any atom is -0.362 e. The molecule has 1 aromatic heterocycles. The van der Waals surface area contributed by atoms with Crippen LogP contribution in [-0.4, -0.2) is 16.7 Å². The first-order chi connectivity index (χ1) is 15.5. The molecule has 0 saturated carbocycles. The number of alkyl halides is 3. The number of aromatic nitrogens is 1. The van der Waals surface area contributed by atoms with E-state index in [-0.39, 0.29) is 22.5 Å². The van der Waals surface area contributed by atoms with Gasteiger partial charge in [0.2, 0.25) is 0 Å². The van der Waals surface area contributed by atoms with Gasteiger partial charge in [0, 0.05) is 53.0 Å². The predicted molar refractivity (Wildman–Crippen MR) is 118 cm³/mol. The lowest BCUT2D eigenvalue weighted by Crippen LogP contribution is -2.39. The Balaban J connectivity index is 1.76. The smallest absolute Gasteiger partial charge is 0.362 e. The maximum absolute atomic E-state index is 13.4. The molecule has 172 valence electrons. The van der Waals surface area contributed by atoms with Gasteiger partial charge in [-0.1, -0.05) is 26.0 Å². The Morgan fingerprint density at radius 2 is 1.94 bits per heavy atom. The molecule has 0 radical (unpaired) electrons. The van der Waals surface area contributed by atoms with Gasteiger partial charge in [-0.15, -0.1) is 0 Å². The lowest BCUT2D eigenvalue weighted by Gasteiger charge is -2.39. The lowest BCUT2D eigenvalue weighted by molar-refractivity contribution is -0.137. The Morgan fingerprint density at radius 1 is 1.18 bits per heavy atom. The van der Waals surface area contributed by atoms with Crippen molar-refractivity contribution < 1.29 is 22.8 Å². The highest BCUT2D eigenvalue weighted by Gasteiger charge is 2.42. The third kappa shape index (κ3) is 4.55. The molecule has 2 aromatic rings. The number of amides is 1. The molecule has 1 aliphatic heterocycles. The Hall–Kier alpha value is -3.42. The Morgan fingerprint density at radius 3 is 2.61 bits per heavy atom. The van der Waals surface area contributed by atoms with Crippen LogP contribution >= 0.6 is 0 Å². The summed E-state index contributed by atoms with van der Waals surface area (Å²) in [7, 11) is 0. The molecule has 0 saturated heterocycles. The van der Waals surface area contributed by atoms with E-state index >= 15 is 0 Å². The molecular formula is C25H24F3N3O2.